The topological polar surface area (TPSA) is 111 Å². The van der Waals surface area contributed by atoms with E-state index in [1.165, 1.54) is 9.70 Å². The number of ether oxygens (including phenoxy) is 2. The van der Waals surface area contributed by atoms with Crippen molar-refractivity contribution in [3.63, 3.8) is 0 Å². The second-order valence-electron chi connectivity index (χ2n) is 9.81. The highest BCUT2D eigenvalue weighted by Gasteiger charge is 2.34. The van der Waals surface area contributed by atoms with Gasteiger partial charge in [0.2, 0.25) is 11.7 Å². The van der Waals surface area contributed by atoms with Gasteiger partial charge < -0.3 is 14.8 Å². The molecular weight excluding hydrogens is 544 g/mol. The molecule has 0 unspecified atom stereocenters. The van der Waals surface area contributed by atoms with Crippen LogP contribution in [-0.4, -0.2) is 58.4 Å². The van der Waals surface area contributed by atoms with Crippen LogP contribution in [0.3, 0.4) is 0 Å². The van der Waals surface area contributed by atoms with E-state index in [1.807, 2.05) is 31.2 Å². The Hall–Kier alpha value is -4.28. The molecule has 0 radical (unpaired) electrons. The maximum atomic E-state index is 14.0. The monoisotopic (exact) mass is 574 g/mol. The summed E-state index contributed by atoms with van der Waals surface area (Å²) >= 11 is 6.00. The Labute approximate surface area is 243 Å². The third kappa shape index (κ3) is 6.90. The molecule has 2 heterocycles. The predicted octanol–water partition coefficient (Wildman–Crippen LogP) is 4.38. The smallest absolute Gasteiger partial charge is 0.251 e. The van der Waals surface area contributed by atoms with Crippen LogP contribution in [0.4, 0.5) is 5.69 Å². The SMILES string of the molecule is COc1ccc(N(C(=O)Cn2nnc(-c3ccc(Cl)cc3)n2)[C@@H](C(=O)NC[C@@H]2CCCO2)c2ccc(C)cc2)cc1. The van der Waals surface area contributed by atoms with Crippen LogP contribution in [0.15, 0.2) is 72.8 Å². The zero-order valence-corrected chi connectivity index (χ0v) is 23.6. The van der Waals surface area contributed by atoms with Crippen LogP contribution in [0, 0.1) is 6.92 Å². The highest BCUT2D eigenvalue weighted by atomic mass is 35.5. The Balaban J connectivity index is 1.48. The van der Waals surface area contributed by atoms with E-state index in [0.717, 1.165) is 18.4 Å². The van der Waals surface area contributed by atoms with Crippen molar-refractivity contribution in [1.82, 2.24) is 25.5 Å². The number of nitrogens with zero attached hydrogens (tertiary/aromatic N) is 5. The van der Waals surface area contributed by atoms with Gasteiger partial charge in [-0.3, -0.25) is 14.5 Å². The van der Waals surface area contributed by atoms with Crippen LogP contribution in [-0.2, 0) is 20.9 Å². The Morgan fingerprint density at radius 2 is 1.83 bits per heavy atom. The number of nitrogens with one attached hydrogen (secondary N) is 1. The van der Waals surface area contributed by atoms with Crippen molar-refractivity contribution in [2.75, 3.05) is 25.2 Å². The summed E-state index contributed by atoms with van der Waals surface area (Å²) in [5, 5.41) is 16.2. The Bertz CT molecular complexity index is 1470. The molecule has 1 aliphatic heterocycles. The average Bonchev–Trinajstić information content (AvgIpc) is 3.68. The molecule has 1 N–H and O–H groups in total. The summed E-state index contributed by atoms with van der Waals surface area (Å²) in [7, 11) is 1.57. The minimum Gasteiger partial charge on any atom is -0.497 e. The molecule has 2 atom stereocenters. The molecule has 3 aromatic carbocycles. The van der Waals surface area contributed by atoms with Gasteiger partial charge in [0.1, 0.15) is 18.3 Å². The van der Waals surface area contributed by atoms with Gasteiger partial charge in [0, 0.05) is 29.4 Å². The predicted molar refractivity (Wildman–Crippen MR) is 155 cm³/mol. The second-order valence-corrected chi connectivity index (χ2v) is 10.2. The molecule has 2 amide bonds. The zero-order chi connectivity index (χ0) is 28.8. The first-order chi connectivity index (χ1) is 19.9. The van der Waals surface area contributed by atoms with Gasteiger partial charge in [0.05, 0.1) is 13.2 Å². The fourth-order valence-corrected chi connectivity index (χ4v) is 4.81. The van der Waals surface area contributed by atoms with Crippen molar-refractivity contribution in [1.29, 1.82) is 0 Å². The molecule has 0 bridgehead atoms. The van der Waals surface area contributed by atoms with Gasteiger partial charge >= 0.3 is 0 Å². The van der Waals surface area contributed by atoms with Crippen LogP contribution >= 0.6 is 11.6 Å². The third-order valence-electron chi connectivity index (χ3n) is 6.88. The fraction of sp³-hybridized carbons (Fsp3) is 0.300. The number of aromatic nitrogens is 4. The van der Waals surface area contributed by atoms with Gasteiger partial charge in [-0.25, -0.2) is 0 Å². The van der Waals surface area contributed by atoms with E-state index in [2.05, 4.69) is 20.7 Å². The summed E-state index contributed by atoms with van der Waals surface area (Å²) in [4.78, 5) is 30.6. The summed E-state index contributed by atoms with van der Waals surface area (Å²) in [5.41, 5.74) is 2.94. The number of methoxy groups -OCH3 is 1. The summed E-state index contributed by atoms with van der Waals surface area (Å²) in [5.74, 6) is 0.270. The van der Waals surface area contributed by atoms with Crippen LogP contribution in [0.5, 0.6) is 5.75 Å². The van der Waals surface area contributed by atoms with E-state index in [0.29, 0.717) is 46.6 Å². The number of carbonyl (C=O) groups excluding carboxylic acids is 2. The first-order valence-corrected chi connectivity index (χ1v) is 13.7. The Morgan fingerprint density at radius 1 is 1.10 bits per heavy atom. The molecule has 0 aliphatic carbocycles. The van der Waals surface area contributed by atoms with Gasteiger partial charge in [-0.05, 0) is 79.1 Å². The molecule has 1 saturated heterocycles. The summed E-state index contributed by atoms with van der Waals surface area (Å²) < 4.78 is 11.0. The van der Waals surface area contributed by atoms with Crippen molar-refractivity contribution < 1.29 is 19.1 Å². The van der Waals surface area contributed by atoms with Gasteiger partial charge in [-0.2, -0.15) is 4.80 Å². The molecule has 212 valence electrons. The minimum absolute atomic E-state index is 0.0478. The quantitative estimate of drug-likeness (QED) is 0.299. The highest BCUT2D eigenvalue weighted by Crippen LogP contribution is 2.30. The first kappa shape index (κ1) is 28.3. The third-order valence-corrected chi connectivity index (χ3v) is 7.13. The lowest BCUT2D eigenvalue weighted by molar-refractivity contribution is -0.127. The van der Waals surface area contributed by atoms with Crippen LogP contribution in [0.1, 0.15) is 30.0 Å². The highest BCUT2D eigenvalue weighted by molar-refractivity contribution is 6.30. The minimum atomic E-state index is -0.961. The van der Waals surface area contributed by atoms with Gasteiger partial charge in [-0.1, -0.05) is 41.4 Å². The molecular formula is C30H31ClN6O4. The van der Waals surface area contributed by atoms with E-state index in [9.17, 15) is 9.59 Å². The Kier molecular flexibility index (Phi) is 8.91. The first-order valence-electron chi connectivity index (χ1n) is 13.4. The molecule has 41 heavy (non-hydrogen) atoms. The number of hydrogen-bond acceptors (Lipinski definition) is 7. The standard InChI is InChI=1S/C30H31ClN6O4/c1-20-5-7-21(8-6-20)28(30(39)32-18-26-4-3-17-41-26)37(24-13-15-25(40-2)16-14-24)27(38)19-36-34-29(33-35-36)22-9-11-23(31)12-10-22/h5-16,26,28H,3-4,17-19H2,1-2H3,(H,32,39)/t26-,28+/m0/s1. The van der Waals surface area contributed by atoms with Crippen molar-refractivity contribution in [2.45, 2.75) is 38.5 Å². The number of halogens is 1. The largest absolute Gasteiger partial charge is 0.497 e. The fourth-order valence-electron chi connectivity index (χ4n) is 4.68. The number of aryl methyl sites for hydroxylation is 1. The van der Waals surface area contributed by atoms with Gasteiger partial charge in [0.15, 0.2) is 0 Å². The number of benzene rings is 3. The van der Waals surface area contributed by atoms with Crippen LogP contribution in [0.2, 0.25) is 5.02 Å². The molecule has 11 heteroatoms. The number of rotatable bonds is 10. The van der Waals surface area contributed by atoms with Crippen LogP contribution in [0.25, 0.3) is 11.4 Å². The zero-order valence-electron chi connectivity index (χ0n) is 22.9. The van der Waals surface area contributed by atoms with E-state index >= 15 is 0 Å². The van der Waals surface area contributed by atoms with Gasteiger partial charge in [-0.15, -0.1) is 10.2 Å². The van der Waals surface area contributed by atoms with Crippen molar-refractivity contribution in [2.24, 2.45) is 0 Å². The van der Waals surface area contributed by atoms with E-state index in [4.69, 9.17) is 21.1 Å². The lowest BCUT2D eigenvalue weighted by atomic mass is 10.0. The maximum absolute atomic E-state index is 14.0. The average molecular weight is 575 g/mol. The van der Waals surface area contributed by atoms with Crippen LogP contribution < -0.4 is 15.0 Å². The normalized spacial score (nSPS) is 15.3. The Morgan fingerprint density at radius 3 is 2.49 bits per heavy atom. The van der Waals surface area contributed by atoms with E-state index < -0.39 is 11.9 Å². The molecule has 4 aromatic rings. The number of amides is 2. The van der Waals surface area contributed by atoms with E-state index in [-0.39, 0.29) is 18.6 Å². The molecule has 1 fully saturated rings. The molecule has 1 aromatic heterocycles. The molecule has 10 nitrogen and oxygen atoms in total. The van der Waals surface area contributed by atoms with Crippen molar-refractivity contribution >= 4 is 29.1 Å². The maximum Gasteiger partial charge on any atom is 0.251 e. The molecule has 0 spiro atoms. The number of carbonyl (C=O) groups is 2. The molecule has 1 aliphatic rings. The number of anilines is 1. The number of hydrogen-bond donors (Lipinski definition) is 1. The lowest BCUT2D eigenvalue weighted by Gasteiger charge is -2.32. The summed E-state index contributed by atoms with van der Waals surface area (Å²) in [6.07, 6.45) is 1.79. The second kappa shape index (κ2) is 12.9. The molecule has 0 saturated carbocycles. The summed E-state index contributed by atoms with van der Waals surface area (Å²) in [6.45, 7) is 2.77. The lowest BCUT2D eigenvalue weighted by Crippen LogP contribution is -2.46. The molecule has 5 rings (SSSR count). The van der Waals surface area contributed by atoms with Crippen molar-refractivity contribution in [3.05, 3.63) is 88.9 Å². The summed E-state index contributed by atoms with van der Waals surface area (Å²) in [6, 6.07) is 20.6. The van der Waals surface area contributed by atoms with Gasteiger partial charge in [0.25, 0.3) is 5.91 Å². The van der Waals surface area contributed by atoms with Crippen molar-refractivity contribution in [3.8, 4) is 17.1 Å². The number of tetrazole rings is 1. The van der Waals surface area contributed by atoms with E-state index in [1.54, 1.807) is 55.6 Å².